The lowest BCUT2D eigenvalue weighted by molar-refractivity contribution is -0.122. The monoisotopic (exact) mass is 440 g/mol. The Kier molecular flexibility index (Phi) is 8.33. The number of amides is 1. The molecule has 0 fully saturated rings. The third-order valence-corrected chi connectivity index (χ3v) is 6.64. The number of carbonyl (C=O) groups excluding carboxylic acids is 1. The summed E-state index contributed by atoms with van der Waals surface area (Å²) >= 11 is 0. The minimum atomic E-state index is -0.640. The molecule has 0 spiro atoms. The summed E-state index contributed by atoms with van der Waals surface area (Å²) in [5.74, 6) is 1.46. The highest BCUT2D eigenvalue weighted by Crippen LogP contribution is 2.39. The number of hydrogen-bond donors (Lipinski definition) is 1. The molecule has 1 heterocycles. The molecule has 1 aromatic carbocycles. The number of pyridine rings is 1. The van der Waals surface area contributed by atoms with Crippen LogP contribution in [-0.4, -0.2) is 24.1 Å². The summed E-state index contributed by atoms with van der Waals surface area (Å²) < 4.78 is 11.7. The average Bonchev–Trinajstić information content (AvgIpc) is 2.78. The SMILES string of the molecule is CCC(Oc1ccc(C(C)(C)CC)cc1C(C)(C)CC)C(=O)Nc1ncc(C)cc1OC. The van der Waals surface area contributed by atoms with E-state index in [0.29, 0.717) is 18.0 Å². The van der Waals surface area contributed by atoms with Crippen molar-refractivity contribution in [2.75, 3.05) is 12.4 Å². The summed E-state index contributed by atoms with van der Waals surface area (Å²) in [6.45, 7) is 17.2. The zero-order valence-corrected chi connectivity index (χ0v) is 21.3. The van der Waals surface area contributed by atoms with Crippen LogP contribution in [0.25, 0.3) is 0 Å². The highest BCUT2D eigenvalue weighted by Gasteiger charge is 2.29. The fourth-order valence-electron chi connectivity index (χ4n) is 3.44. The van der Waals surface area contributed by atoms with Crippen LogP contribution in [0, 0.1) is 6.92 Å². The standard InChI is InChI=1S/C27H40N2O3/c1-10-21(25(30)29-24-23(31-9)15-18(4)17-28-24)32-22-14-13-19(26(5,6)11-2)16-20(22)27(7,8)12-3/h13-17,21H,10-12H2,1-9H3,(H,28,29,30). The van der Waals surface area contributed by atoms with Crippen molar-refractivity contribution in [3.8, 4) is 11.5 Å². The Balaban J connectivity index is 2.37. The van der Waals surface area contributed by atoms with Crippen LogP contribution in [0.3, 0.4) is 0 Å². The van der Waals surface area contributed by atoms with Crippen molar-refractivity contribution in [2.24, 2.45) is 0 Å². The topological polar surface area (TPSA) is 60.5 Å². The largest absolute Gasteiger partial charge is 0.493 e. The van der Waals surface area contributed by atoms with E-state index in [4.69, 9.17) is 9.47 Å². The molecule has 2 aromatic rings. The highest BCUT2D eigenvalue weighted by molar-refractivity contribution is 5.94. The van der Waals surface area contributed by atoms with Crippen LogP contribution in [0.1, 0.15) is 84.4 Å². The van der Waals surface area contributed by atoms with E-state index in [2.05, 4.69) is 64.0 Å². The number of benzene rings is 1. The summed E-state index contributed by atoms with van der Waals surface area (Å²) in [5, 5.41) is 2.88. The van der Waals surface area contributed by atoms with Gasteiger partial charge in [-0.3, -0.25) is 4.79 Å². The Labute approximate surface area is 193 Å². The fraction of sp³-hybridized carbons (Fsp3) is 0.556. The van der Waals surface area contributed by atoms with Crippen LogP contribution in [0.5, 0.6) is 11.5 Å². The van der Waals surface area contributed by atoms with Crippen LogP contribution < -0.4 is 14.8 Å². The second-order valence-corrected chi connectivity index (χ2v) is 9.75. The average molecular weight is 441 g/mol. The molecule has 0 radical (unpaired) electrons. The zero-order valence-electron chi connectivity index (χ0n) is 21.3. The lowest BCUT2D eigenvalue weighted by Gasteiger charge is -2.31. The van der Waals surface area contributed by atoms with Crippen molar-refractivity contribution >= 4 is 11.7 Å². The molecule has 0 aliphatic heterocycles. The first-order valence-electron chi connectivity index (χ1n) is 11.6. The van der Waals surface area contributed by atoms with Gasteiger partial charge in [0.1, 0.15) is 5.75 Å². The van der Waals surface area contributed by atoms with Gasteiger partial charge in [0.25, 0.3) is 5.91 Å². The zero-order chi connectivity index (χ0) is 24.1. The number of hydrogen-bond acceptors (Lipinski definition) is 4. The maximum Gasteiger partial charge on any atom is 0.266 e. The number of ether oxygens (including phenoxy) is 2. The molecule has 176 valence electrons. The third kappa shape index (κ3) is 5.81. The Morgan fingerprint density at radius 2 is 1.69 bits per heavy atom. The molecular formula is C27H40N2O3. The number of aromatic nitrogens is 1. The highest BCUT2D eigenvalue weighted by atomic mass is 16.5. The van der Waals surface area contributed by atoms with Gasteiger partial charge in [0.2, 0.25) is 0 Å². The third-order valence-electron chi connectivity index (χ3n) is 6.64. The molecule has 32 heavy (non-hydrogen) atoms. The minimum absolute atomic E-state index is 0.0757. The normalized spacial score (nSPS) is 12.9. The molecule has 2 rings (SSSR count). The van der Waals surface area contributed by atoms with Crippen LogP contribution >= 0.6 is 0 Å². The van der Waals surface area contributed by atoms with Crippen molar-refractivity contribution in [2.45, 2.75) is 91.6 Å². The summed E-state index contributed by atoms with van der Waals surface area (Å²) in [7, 11) is 1.57. The predicted molar refractivity (Wildman–Crippen MR) is 132 cm³/mol. The Morgan fingerprint density at radius 1 is 1.03 bits per heavy atom. The van der Waals surface area contributed by atoms with Gasteiger partial charge in [-0.1, -0.05) is 60.6 Å². The first-order chi connectivity index (χ1) is 15.0. The number of carbonyl (C=O) groups is 1. The van der Waals surface area contributed by atoms with Gasteiger partial charge < -0.3 is 14.8 Å². The summed E-state index contributed by atoms with van der Waals surface area (Å²) in [4.78, 5) is 17.4. The van der Waals surface area contributed by atoms with Crippen LogP contribution in [0.15, 0.2) is 30.5 Å². The minimum Gasteiger partial charge on any atom is -0.493 e. The Bertz CT molecular complexity index is 934. The van der Waals surface area contributed by atoms with Gasteiger partial charge in [0.15, 0.2) is 17.7 Å². The maximum atomic E-state index is 13.1. The molecule has 0 saturated heterocycles. The second-order valence-electron chi connectivity index (χ2n) is 9.75. The molecule has 0 saturated carbocycles. The van der Waals surface area contributed by atoms with Crippen LogP contribution in [-0.2, 0) is 15.6 Å². The number of rotatable bonds is 10. The van der Waals surface area contributed by atoms with E-state index in [-0.39, 0.29) is 16.7 Å². The van der Waals surface area contributed by atoms with Gasteiger partial charge in [-0.15, -0.1) is 0 Å². The lowest BCUT2D eigenvalue weighted by atomic mass is 9.76. The lowest BCUT2D eigenvalue weighted by Crippen LogP contribution is -2.34. The Hall–Kier alpha value is -2.56. The summed E-state index contributed by atoms with van der Waals surface area (Å²) in [6.07, 6.45) is 3.61. The van der Waals surface area contributed by atoms with Gasteiger partial charge in [-0.25, -0.2) is 4.98 Å². The predicted octanol–water partition coefficient (Wildman–Crippen LogP) is 6.57. The first kappa shape index (κ1) is 25.7. The number of aryl methyl sites for hydroxylation is 1. The molecule has 0 aliphatic rings. The van der Waals surface area contributed by atoms with Gasteiger partial charge in [-0.2, -0.15) is 0 Å². The molecule has 1 aromatic heterocycles. The molecular weight excluding hydrogens is 400 g/mol. The van der Waals surface area contributed by atoms with Crippen molar-refractivity contribution in [1.29, 1.82) is 0 Å². The van der Waals surface area contributed by atoms with Gasteiger partial charge in [0.05, 0.1) is 7.11 Å². The molecule has 5 nitrogen and oxygen atoms in total. The van der Waals surface area contributed by atoms with E-state index in [0.717, 1.165) is 29.7 Å². The number of nitrogens with zero attached hydrogens (tertiary/aromatic N) is 1. The van der Waals surface area contributed by atoms with E-state index in [1.54, 1.807) is 13.3 Å². The van der Waals surface area contributed by atoms with Gasteiger partial charge in [0, 0.05) is 11.8 Å². The van der Waals surface area contributed by atoms with Crippen molar-refractivity contribution in [3.63, 3.8) is 0 Å². The molecule has 0 bridgehead atoms. The van der Waals surface area contributed by atoms with E-state index < -0.39 is 6.10 Å². The fourth-order valence-corrected chi connectivity index (χ4v) is 3.44. The second kappa shape index (κ2) is 10.4. The van der Waals surface area contributed by atoms with Crippen molar-refractivity contribution in [1.82, 2.24) is 4.98 Å². The smallest absolute Gasteiger partial charge is 0.266 e. The molecule has 1 N–H and O–H groups in total. The van der Waals surface area contributed by atoms with Crippen molar-refractivity contribution < 1.29 is 14.3 Å². The first-order valence-corrected chi connectivity index (χ1v) is 11.6. The van der Waals surface area contributed by atoms with Crippen LogP contribution in [0.2, 0.25) is 0 Å². The summed E-state index contributed by atoms with van der Waals surface area (Å²) in [6, 6.07) is 8.27. The van der Waals surface area contributed by atoms with Crippen LogP contribution in [0.4, 0.5) is 5.82 Å². The van der Waals surface area contributed by atoms with Crippen molar-refractivity contribution in [3.05, 3.63) is 47.2 Å². The van der Waals surface area contributed by atoms with Gasteiger partial charge >= 0.3 is 0 Å². The molecule has 1 atom stereocenters. The summed E-state index contributed by atoms with van der Waals surface area (Å²) in [5.41, 5.74) is 3.38. The molecule has 1 amide bonds. The Morgan fingerprint density at radius 3 is 2.25 bits per heavy atom. The molecule has 1 unspecified atom stereocenters. The van der Waals surface area contributed by atoms with Gasteiger partial charge in [-0.05, 0) is 60.3 Å². The maximum absolute atomic E-state index is 13.1. The van der Waals surface area contributed by atoms with E-state index in [9.17, 15) is 4.79 Å². The quantitative estimate of drug-likeness (QED) is 0.454. The number of anilines is 1. The van der Waals surface area contributed by atoms with E-state index in [1.165, 1.54) is 5.56 Å². The number of nitrogens with one attached hydrogen (secondary N) is 1. The van der Waals surface area contributed by atoms with E-state index >= 15 is 0 Å². The molecule has 0 aliphatic carbocycles. The van der Waals surface area contributed by atoms with E-state index in [1.807, 2.05) is 26.0 Å². The number of methoxy groups -OCH3 is 1. The molecule has 5 heteroatoms.